The molecular weight excluding hydrogens is 510 g/mol. The molecule has 0 bridgehead atoms. The van der Waals surface area contributed by atoms with Crippen molar-refractivity contribution in [3.05, 3.63) is 163 Å². The third kappa shape index (κ3) is 6.79. The topological polar surface area (TPSA) is 21.3 Å². The van der Waals surface area contributed by atoms with Gasteiger partial charge in [0, 0.05) is 17.5 Å². The number of rotatable bonds is 9. The molecule has 0 unspecified atom stereocenters. The van der Waals surface area contributed by atoms with Crippen LogP contribution in [0.1, 0.15) is 30.5 Å². The molecule has 2 nitrogen and oxygen atoms in total. The van der Waals surface area contributed by atoms with Crippen molar-refractivity contribution in [3.8, 4) is 39.1 Å². The van der Waals surface area contributed by atoms with Crippen LogP contribution in [0, 0.1) is 13.8 Å². The van der Waals surface area contributed by atoms with E-state index in [1.165, 1.54) is 33.4 Å². The maximum atomic E-state index is 6.16. The number of ether oxygens (including phenoxy) is 1. The summed E-state index contributed by atoms with van der Waals surface area (Å²) in [7, 11) is 0. The predicted octanol–water partition coefficient (Wildman–Crippen LogP) is 11.2. The van der Waals surface area contributed by atoms with Gasteiger partial charge in [-0.2, -0.15) is 0 Å². The van der Waals surface area contributed by atoms with E-state index in [-0.39, 0.29) is 0 Å². The molecule has 0 fully saturated rings. The molecule has 0 saturated heterocycles. The Morgan fingerprint density at radius 2 is 1.24 bits per heavy atom. The van der Waals surface area contributed by atoms with Crippen molar-refractivity contribution in [1.29, 1.82) is 0 Å². The van der Waals surface area contributed by atoms with Gasteiger partial charge < -0.3 is 10.1 Å². The molecule has 0 aliphatic carbocycles. The van der Waals surface area contributed by atoms with Gasteiger partial charge in [-0.15, -0.1) is 0 Å². The average molecular weight is 548 g/mol. The third-order valence-corrected chi connectivity index (χ3v) is 7.38. The van der Waals surface area contributed by atoms with Crippen molar-refractivity contribution >= 4 is 11.3 Å². The summed E-state index contributed by atoms with van der Waals surface area (Å²) in [5.41, 5.74) is 12.6. The van der Waals surface area contributed by atoms with Crippen LogP contribution in [0.5, 0.6) is 5.75 Å². The van der Waals surface area contributed by atoms with E-state index in [0.717, 1.165) is 39.5 Å². The first-order valence-corrected chi connectivity index (χ1v) is 14.3. The summed E-state index contributed by atoms with van der Waals surface area (Å²) in [6, 6.07) is 40.6. The van der Waals surface area contributed by atoms with Crippen LogP contribution >= 0.6 is 0 Å². The van der Waals surface area contributed by atoms with Gasteiger partial charge in [-0.3, -0.25) is 0 Å². The van der Waals surface area contributed by atoms with E-state index in [4.69, 9.17) is 4.74 Å². The highest BCUT2D eigenvalue weighted by Crippen LogP contribution is 2.37. The number of hydrogen-bond donors (Lipinski definition) is 1. The minimum absolute atomic E-state index is 0.807. The summed E-state index contributed by atoms with van der Waals surface area (Å²) in [6.45, 7) is 12.3. The van der Waals surface area contributed by atoms with Crippen molar-refractivity contribution in [3.63, 3.8) is 0 Å². The second-order valence-corrected chi connectivity index (χ2v) is 10.7. The lowest BCUT2D eigenvalue weighted by atomic mass is 9.92. The Hall–Kier alpha value is -5.08. The Labute approximate surface area is 250 Å². The molecule has 2 heteroatoms. The molecule has 0 aromatic heterocycles. The summed E-state index contributed by atoms with van der Waals surface area (Å²) in [5.74, 6) is 1.65. The maximum Gasteiger partial charge on any atom is 0.130 e. The molecule has 42 heavy (non-hydrogen) atoms. The quantitative estimate of drug-likeness (QED) is 0.146. The minimum atomic E-state index is 0.807. The number of benzene rings is 5. The molecule has 0 aliphatic rings. The van der Waals surface area contributed by atoms with Gasteiger partial charge in [0.1, 0.15) is 11.5 Å². The normalized spacial score (nSPS) is 11.5. The third-order valence-electron chi connectivity index (χ3n) is 7.38. The Kier molecular flexibility index (Phi) is 8.84. The van der Waals surface area contributed by atoms with Crippen LogP contribution in [0.2, 0.25) is 0 Å². The van der Waals surface area contributed by atoms with Gasteiger partial charge in [0.2, 0.25) is 0 Å². The molecule has 5 aromatic rings. The van der Waals surface area contributed by atoms with E-state index in [1.54, 1.807) is 0 Å². The fraction of sp³-hybridized carbons (Fsp3) is 0.100. The fourth-order valence-electron chi connectivity index (χ4n) is 4.93. The number of anilines is 1. The number of allylic oxidation sites excluding steroid dienone is 4. The molecule has 0 saturated carbocycles. The van der Waals surface area contributed by atoms with E-state index in [1.807, 2.05) is 38.3 Å². The molecule has 208 valence electrons. The summed E-state index contributed by atoms with van der Waals surface area (Å²) in [5, 5.41) is 3.54. The standard InChI is InChI=1S/C40H37NO/c1-28(2)34-20-19-30(4)40(27-34)42-31(5)13-12-24-41-39-23-22-36(33-16-10-7-11-17-33)26-38(39)37-25-35(21-18-29(37)3)32-14-8-6-9-15-32/h6-27,41H,1H2,2-5H3/b24-12+,31-13+. The largest absolute Gasteiger partial charge is 0.462 e. The first-order valence-electron chi connectivity index (χ1n) is 14.3. The van der Waals surface area contributed by atoms with Crippen molar-refractivity contribution in [2.24, 2.45) is 0 Å². The first kappa shape index (κ1) is 28.4. The van der Waals surface area contributed by atoms with Gasteiger partial charge in [0.05, 0.1) is 0 Å². The van der Waals surface area contributed by atoms with Gasteiger partial charge in [0.15, 0.2) is 0 Å². The fourth-order valence-corrected chi connectivity index (χ4v) is 4.93. The van der Waals surface area contributed by atoms with Crippen molar-refractivity contribution in [2.45, 2.75) is 27.7 Å². The zero-order valence-electron chi connectivity index (χ0n) is 24.8. The van der Waals surface area contributed by atoms with Crippen LogP contribution in [-0.2, 0) is 0 Å². The van der Waals surface area contributed by atoms with Crippen LogP contribution in [0.4, 0.5) is 5.69 Å². The molecule has 0 spiro atoms. The molecule has 0 radical (unpaired) electrons. The van der Waals surface area contributed by atoms with E-state index in [0.29, 0.717) is 0 Å². The number of hydrogen-bond acceptors (Lipinski definition) is 2. The molecule has 0 atom stereocenters. The van der Waals surface area contributed by atoms with Gasteiger partial charge >= 0.3 is 0 Å². The average Bonchev–Trinajstić information content (AvgIpc) is 3.01. The molecule has 5 rings (SSSR count). The number of nitrogens with one attached hydrogen (secondary N) is 1. The molecule has 1 N–H and O–H groups in total. The smallest absolute Gasteiger partial charge is 0.130 e. The van der Waals surface area contributed by atoms with E-state index in [9.17, 15) is 0 Å². The van der Waals surface area contributed by atoms with Crippen LogP contribution in [0.3, 0.4) is 0 Å². The number of aryl methyl sites for hydroxylation is 2. The molecule has 0 aliphatic heterocycles. The van der Waals surface area contributed by atoms with Gasteiger partial charge in [-0.25, -0.2) is 0 Å². The Morgan fingerprint density at radius 3 is 1.88 bits per heavy atom. The van der Waals surface area contributed by atoms with Crippen LogP contribution < -0.4 is 10.1 Å². The second-order valence-electron chi connectivity index (χ2n) is 10.7. The van der Waals surface area contributed by atoms with Crippen LogP contribution in [0.15, 0.2) is 146 Å². The zero-order chi connectivity index (χ0) is 29.5. The monoisotopic (exact) mass is 547 g/mol. The van der Waals surface area contributed by atoms with Gasteiger partial charge in [0.25, 0.3) is 0 Å². The Balaban J connectivity index is 1.45. The Bertz CT molecular complexity index is 1760. The van der Waals surface area contributed by atoms with E-state index >= 15 is 0 Å². The first-order chi connectivity index (χ1) is 20.4. The predicted molar refractivity (Wildman–Crippen MR) is 181 cm³/mol. The highest BCUT2D eigenvalue weighted by Gasteiger charge is 2.12. The summed E-state index contributed by atoms with van der Waals surface area (Å²) < 4.78 is 6.16. The highest BCUT2D eigenvalue weighted by molar-refractivity contribution is 5.87. The second kappa shape index (κ2) is 13.1. The summed E-state index contributed by atoms with van der Waals surface area (Å²) in [6.07, 6.45) is 5.91. The van der Waals surface area contributed by atoms with Gasteiger partial charge in [-0.05, 0) is 109 Å². The SMILES string of the molecule is C=C(C)c1ccc(C)c(O/C(C)=C/C=C/Nc2ccc(-c3ccccc3)cc2-c2cc(-c3ccccc3)ccc2C)c1. The summed E-state index contributed by atoms with van der Waals surface area (Å²) >= 11 is 0. The van der Waals surface area contributed by atoms with E-state index in [2.05, 4.69) is 135 Å². The molecule has 0 heterocycles. The van der Waals surface area contributed by atoms with Crippen LogP contribution in [0.25, 0.3) is 39.0 Å². The molecule has 0 amide bonds. The molecular formula is C40H37NO. The van der Waals surface area contributed by atoms with Crippen LogP contribution in [-0.4, -0.2) is 0 Å². The Morgan fingerprint density at radius 1 is 0.643 bits per heavy atom. The summed E-state index contributed by atoms with van der Waals surface area (Å²) in [4.78, 5) is 0. The lowest BCUT2D eigenvalue weighted by Crippen LogP contribution is -1.95. The van der Waals surface area contributed by atoms with Crippen molar-refractivity contribution in [2.75, 3.05) is 5.32 Å². The highest BCUT2D eigenvalue weighted by atomic mass is 16.5. The molecule has 5 aromatic carbocycles. The minimum Gasteiger partial charge on any atom is -0.462 e. The lowest BCUT2D eigenvalue weighted by Gasteiger charge is -2.16. The van der Waals surface area contributed by atoms with E-state index < -0.39 is 0 Å². The maximum absolute atomic E-state index is 6.16. The van der Waals surface area contributed by atoms with Crippen molar-refractivity contribution in [1.82, 2.24) is 0 Å². The van der Waals surface area contributed by atoms with Gasteiger partial charge in [-0.1, -0.05) is 103 Å². The lowest BCUT2D eigenvalue weighted by molar-refractivity contribution is 0.425. The van der Waals surface area contributed by atoms with Crippen molar-refractivity contribution < 1.29 is 4.74 Å². The zero-order valence-corrected chi connectivity index (χ0v) is 24.8.